The third kappa shape index (κ3) is 4.77. The van der Waals surface area contributed by atoms with Crippen molar-refractivity contribution < 1.29 is 9.50 Å². The minimum atomic E-state index is -0.268. The first kappa shape index (κ1) is 17.8. The average molecular weight is 352 g/mol. The summed E-state index contributed by atoms with van der Waals surface area (Å²) in [5.41, 5.74) is 2.54. The van der Waals surface area contributed by atoms with Crippen LogP contribution in [-0.4, -0.2) is 27.7 Å². The normalized spacial score (nSPS) is 11.8. The molecule has 1 heterocycles. The summed E-state index contributed by atoms with van der Waals surface area (Å²) in [5.74, 6) is 0.779. The predicted octanol–water partition coefficient (Wildman–Crippen LogP) is 3.69. The number of hydrogen-bond acceptors (Lipinski definition) is 5. The fourth-order valence-electron chi connectivity index (χ4n) is 2.46. The highest BCUT2D eigenvalue weighted by Gasteiger charge is 2.09. The maximum atomic E-state index is 13.3. The minimum Gasteiger partial charge on any atom is -0.394 e. The molecule has 0 saturated carbocycles. The second kappa shape index (κ2) is 8.40. The molecule has 0 amide bonds. The number of nitrogens with zero attached hydrogens (tertiary/aromatic N) is 2. The number of nitrogens with one attached hydrogen (secondary N) is 2. The van der Waals surface area contributed by atoms with Gasteiger partial charge in [0.15, 0.2) is 0 Å². The van der Waals surface area contributed by atoms with Crippen molar-refractivity contribution >= 4 is 11.8 Å². The summed E-state index contributed by atoms with van der Waals surface area (Å²) in [6.45, 7) is 2.27. The summed E-state index contributed by atoms with van der Waals surface area (Å²) in [6.07, 6.45) is 0. The molecule has 0 bridgehead atoms. The number of rotatable bonds is 7. The van der Waals surface area contributed by atoms with Crippen molar-refractivity contribution in [2.24, 2.45) is 0 Å². The van der Waals surface area contributed by atoms with E-state index in [-0.39, 0.29) is 18.5 Å². The van der Waals surface area contributed by atoms with Gasteiger partial charge in [0.1, 0.15) is 11.6 Å². The lowest BCUT2D eigenvalue weighted by Gasteiger charge is -2.14. The van der Waals surface area contributed by atoms with E-state index < -0.39 is 0 Å². The van der Waals surface area contributed by atoms with Gasteiger partial charge < -0.3 is 15.7 Å². The van der Waals surface area contributed by atoms with E-state index in [1.807, 2.05) is 49.4 Å². The molecule has 0 aliphatic heterocycles. The third-order valence-corrected chi connectivity index (χ3v) is 3.81. The molecule has 0 radical (unpaired) electrons. The third-order valence-electron chi connectivity index (χ3n) is 3.81. The summed E-state index contributed by atoms with van der Waals surface area (Å²) in [6, 6.07) is 17.9. The second-order valence-electron chi connectivity index (χ2n) is 6.04. The number of hydrogen-bond donors (Lipinski definition) is 3. The molecular formula is C20H21FN4O. The highest BCUT2D eigenvalue weighted by atomic mass is 19.1. The van der Waals surface area contributed by atoms with Crippen LogP contribution in [0, 0.1) is 5.82 Å². The molecule has 0 saturated heterocycles. The minimum absolute atomic E-state index is 0.0228. The van der Waals surface area contributed by atoms with Crippen molar-refractivity contribution in [3.63, 3.8) is 0 Å². The highest BCUT2D eigenvalue weighted by Crippen LogP contribution is 2.22. The van der Waals surface area contributed by atoms with E-state index in [0.717, 1.165) is 16.8 Å². The summed E-state index contributed by atoms with van der Waals surface area (Å²) >= 11 is 0. The molecule has 0 aliphatic carbocycles. The Morgan fingerprint density at radius 1 is 1.04 bits per heavy atom. The van der Waals surface area contributed by atoms with E-state index in [1.54, 1.807) is 6.07 Å². The molecule has 3 N–H and O–H groups in total. The first-order valence-corrected chi connectivity index (χ1v) is 8.44. The smallest absolute Gasteiger partial charge is 0.225 e. The molecule has 0 spiro atoms. The van der Waals surface area contributed by atoms with E-state index in [0.29, 0.717) is 18.3 Å². The Bertz CT molecular complexity index is 857. The fourth-order valence-corrected chi connectivity index (χ4v) is 2.46. The number of halogens is 1. The van der Waals surface area contributed by atoms with Gasteiger partial charge in [0.05, 0.1) is 12.3 Å². The molecule has 1 atom stereocenters. The topological polar surface area (TPSA) is 70.1 Å². The van der Waals surface area contributed by atoms with Gasteiger partial charge in [-0.05, 0) is 24.6 Å². The number of aliphatic hydroxyl groups excluding tert-OH is 1. The molecule has 0 aliphatic rings. The summed E-state index contributed by atoms with van der Waals surface area (Å²) in [5, 5.41) is 15.5. The van der Waals surface area contributed by atoms with Crippen molar-refractivity contribution in [1.29, 1.82) is 0 Å². The van der Waals surface area contributed by atoms with Crippen molar-refractivity contribution in [3.8, 4) is 11.3 Å². The van der Waals surface area contributed by atoms with Gasteiger partial charge >= 0.3 is 0 Å². The Morgan fingerprint density at radius 3 is 2.58 bits per heavy atom. The van der Waals surface area contributed by atoms with Crippen LogP contribution in [-0.2, 0) is 6.54 Å². The van der Waals surface area contributed by atoms with E-state index in [9.17, 15) is 9.50 Å². The largest absolute Gasteiger partial charge is 0.394 e. The molecule has 3 aromatic rings. The van der Waals surface area contributed by atoms with Crippen LogP contribution in [0.3, 0.4) is 0 Å². The zero-order valence-electron chi connectivity index (χ0n) is 14.5. The number of benzene rings is 2. The number of aliphatic hydroxyl groups is 1. The van der Waals surface area contributed by atoms with Gasteiger partial charge in [-0.1, -0.05) is 42.5 Å². The van der Waals surface area contributed by atoms with Crippen LogP contribution in [0.2, 0.25) is 0 Å². The van der Waals surface area contributed by atoms with Crippen LogP contribution in [0.5, 0.6) is 0 Å². The van der Waals surface area contributed by atoms with Crippen LogP contribution in [0.4, 0.5) is 16.2 Å². The first-order valence-electron chi connectivity index (χ1n) is 8.44. The standard InChI is InChI=1S/C20H21FN4O/c1-14(13-26)23-20-24-18(16-7-3-2-4-8-16)11-19(25-20)22-12-15-6-5-9-17(21)10-15/h2-11,14,26H,12-13H2,1H3,(H2,22,23,24,25)/t14-/m0/s1. The Hall–Kier alpha value is -2.99. The highest BCUT2D eigenvalue weighted by molar-refractivity contribution is 5.64. The molecule has 26 heavy (non-hydrogen) atoms. The lowest BCUT2D eigenvalue weighted by atomic mass is 10.1. The van der Waals surface area contributed by atoms with Crippen LogP contribution in [0.1, 0.15) is 12.5 Å². The van der Waals surface area contributed by atoms with Gasteiger partial charge in [-0.2, -0.15) is 4.98 Å². The zero-order chi connectivity index (χ0) is 18.4. The Morgan fingerprint density at radius 2 is 1.85 bits per heavy atom. The van der Waals surface area contributed by atoms with Crippen molar-refractivity contribution in [3.05, 3.63) is 72.0 Å². The number of aromatic nitrogens is 2. The maximum absolute atomic E-state index is 13.3. The van der Waals surface area contributed by atoms with Crippen LogP contribution in [0.25, 0.3) is 11.3 Å². The summed E-state index contributed by atoms with van der Waals surface area (Å²) in [4.78, 5) is 8.97. The molecular weight excluding hydrogens is 331 g/mol. The number of anilines is 2. The zero-order valence-corrected chi connectivity index (χ0v) is 14.5. The van der Waals surface area contributed by atoms with Gasteiger partial charge in [0.2, 0.25) is 5.95 Å². The van der Waals surface area contributed by atoms with Gasteiger partial charge in [-0.25, -0.2) is 9.37 Å². The lowest BCUT2D eigenvalue weighted by molar-refractivity contribution is 0.281. The fraction of sp³-hybridized carbons (Fsp3) is 0.200. The Kier molecular flexibility index (Phi) is 5.76. The molecule has 134 valence electrons. The molecule has 1 aromatic heterocycles. The predicted molar refractivity (Wildman–Crippen MR) is 101 cm³/mol. The molecule has 5 nitrogen and oxygen atoms in total. The van der Waals surface area contributed by atoms with E-state index in [2.05, 4.69) is 20.6 Å². The van der Waals surface area contributed by atoms with Gasteiger partial charge in [0, 0.05) is 24.2 Å². The Labute approximate surface area is 152 Å². The van der Waals surface area contributed by atoms with E-state index in [4.69, 9.17) is 0 Å². The van der Waals surface area contributed by atoms with E-state index in [1.165, 1.54) is 12.1 Å². The molecule has 0 fully saturated rings. The van der Waals surface area contributed by atoms with Crippen molar-refractivity contribution in [1.82, 2.24) is 9.97 Å². The molecule has 3 rings (SSSR count). The lowest BCUT2D eigenvalue weighted by Crippen LogP contribution is -2.21. The van der Waals surface area contributed by atoms with Gasteiger partial charge in [0.25, 0.3) is 0 Å². The average Bonchev–Trinajstić information content (AvgIpc) is 2.67. The Balaban J connectivity index is 1.86. The van der Waals surface area contributed by atoms with Crippen LogP contribution in [0.15, 0.2) is 60.7 Å². The van der Waals surface area contributed by atoms with E-state index >= 15 is 0 Å². The summed E-state index contributed by atoms with van der Waals surface area (Å²) in [7, 11) is 0. The van der Waals surface area contributed by atoms with Crippen molar-refractivity contribution in [2.45, 2.75) is 19.5 Å². The van der Waals surface area contributed by atoms with Gasteiger partial charge in [-0.15, -0.1) is 0 Å². The van der Waals surface area contributed by atoms with Gasteiger partial charge in [-0.3, -0.25) is 0 Å². The van der Waals surface area contributed by atoms with Crippen LogP contribution < -0.4 is 10.6 Å². The quantitative estimate of drug-likeness (QED) is 0.605. The summed E-state index contributed by atoms with van der Waals surface area (Å²) < 4.78 is 13.3. The molecule has 2 aromatic carbocycles. The second-order valence-corrected chi connectivity index (χ2v) is 6.04. The molecule has 0 unspecified atom stereocenters. The molecule has 6 heteroatoms. The van der Waals surface area contributed by atoms with Crippen LogP contribution >= 0.6 is 0 Å². The maximum Gasteiger partial charge on any atom is 0.225 e. The first-order chi connectivity index (χ1) is 12.6. The monoisotopic (exact) mass is 352 g/mol. The SMILES string of the molecule is C[C@@H](CO)Nc1nc(NCc2cccc(F)c2)cc(-c2ccccc2)n1. The van der Waals surface area contributed by atoms with Crippen molar-refractivity contribution in [2.75, 3.05) is 17.2 Å².